The molecule has 0 atom stereocenters. The summed E-state index contributed by atoms with van der Waals surface area (Å²) < 4.78 is 28.5. The number of para-hydroxylation sites is 1. The van der Waals surface area contributed by atoms with Gasteiger partial charge in [0.2, 0.25) is 0 Å². The zero-order valence-corrected chi connectivity index (χ0v) is 6.73. The fourth-order valence-corrected chi connectivity index (χ4v) is 1.07. The fourth-order valence-electron chi connectivity index (χ4n) is 0.683. The Morgan fingerprint density at radius 1 is 1.25 bits per heavy atom. The zero-order valence-electron chi connectivity index (χ0n) is 5.91. The smallest absolute Gasteiger partial charge is 0.350 e. The summed E-state index contributed by atoms with van der Waals surface area (Å²) in [7, 11) is -4.68. The molecular weight excluding hydrogens is 182 g/mol. The molecule has 12 heavy (non-hydrogen) atoms. The molecule has 0 spiro atoms. The van der Waals surface area contributed by atoms with Crippen LogP contribution in [0.2, 0.25) is 0 Å². The Balaban J connectivity index is 3.02. The Bertz CT molecular complexity index is 347. The molecular formula is C6H6NO4S-. The standard InChI is InChI=1S/C6H6NO4S/c8-7(12(9,10)11)6-4-2-1-3-5-6/h1-5H,(H,9,10,11)/q-1. The molecule has 0 unspecified atom stereocenters. The third-order valence-corrected chi connectivity index (χ3v) is 1.81. The molecule has 6 heteroatoms. The summed E-state index contributed by atoms with van der Waals surface area (Å²) in [6.45, 7) is 0. The highest BCUT2D eigenvalue weighted by atomic mass is 32.2. The molecule has 0 radical (unpaired) electrons. The van der Waals surface area contributed by atoms with Crippen LogP contribution < -0.4 is 4.47 Å². The minimum atomic E-state index is -4.68. The number of anilines is 1. The van der Waals surface area contributed by atoms with Crippen LogP contribution in [0, 0.1) is 5.21 Å². The van der Waals surface area contributed by atoms with Crippen molar-refractivity contribution in [1.29, 1.82) is 0 Å². The highest BCUT2D eigenvalue weighted by Crippen LogP contribution is 2.13. The number of nitrogens with zero attached hydrogens (tertiary/aromatic N) is 1. The van der Waals surface area contributed by atoms with Crippen LogP contribution in [-0.4, -0.2) is 13.0 Å². The van der Waals surface area contributed by atoms with Crippen LogP contribution in [0.1, 0.15) is 0 Å². The summed E-state index contributed by atoms with van der Waals surface area (Å²) in [5.74, 6) is 0. The van der Waals surface area contributed by atoms with Gasteiger partial charge in [-0.2, -0.15) is 8.42 Å². The average molecular weight is 188 g/mol. The molecule has 0 aliphatic heterocycles. The van der Waals surface area contributed by atoms with Crippen molar-refractivity contribution in [2.45, 2.75) is 0 Å². The van der Waals surface area contributed by atoms with Crippen molar-refractivity contribution < 1.29 is 13.0 Å². The van der Waals surface area contributed by atoms with E-state index in [9.17, 15) is 13.6 Å². The van der Waals surface area contributed by atoms with Gasteiger partial charge in [0, 0.05) is 5.69 Å². The maximum Gasteiger partial charge on any atom is 0.350 e. The van der Waals surface area contributed by atoms with Gasteiger partial charge in [-0.25, -0.2) is 0 Å². The number of hydrogen-bond donors (Lipinski definition) is 1. The molecule has 0 aliphatic carbocycles. The Labute approximate surface area is 69.7 Å². The van der Waals surface area contributed by atoms with Gasteiger partial charge in [-0.3, -0.25) is 4.55 Å². The van der Waals surface area contributed by atoms with Gasteiger partial charge in [0.25, 0.3) is 0 Å². The first-order valence-electron chi connectivity index (χ1n) is 3.02. The van der Waals surface area contributed by atoms with Gasteiger partial charge in [0.05, 0.1) is 0 Å². The van der Waals surface area contributed by atoms with Gasteiger partial charge in [0.1, 0.15) is 0 Å². The van der Waals surface area contributed by atoms with Crippen molar-refractivity contribution in [3.8, 4) is 0 Å². The molecule has 0 amide bonds. The summed E-state index contributed by atoms with van der Waals surface area (Å²) in [5, 5.41) is 10.7. The first-order valence-corrected chi connectivity index (χ1v) is 4.41. The Kier molecular flexibility index (Phi) is 2.32. The quantitative estimate of drug-likeness (QED) is 0.549. The summed E-state index contributed by atoms with van der Waals surface area (Å²) in [4.78, 5) is 0. The lowest BCUT2D eigenvalue weighted by molar-refractivity contribution is 0.483. The monoisotopic (exact) mass is 188 g/mol. The second kappa shape index (κ2) is 3.10. The van der Waals surface area contributed by atoms with Crippen LogP contribution in [-0.2, 0) is 10.3 Å². The van der Waals surface area contributed by atoms with E-state index in [1.165, 1.54) is 24.3 Å². The molecule has 0 heterocycles. The van der Waals surface area contributed by atoms with Crippen LogP contribution in [0.15, 0.2) is 30.3 Å². The van der Waals surface area contributed by atoms with Crippen molar-refractivity contribution in [1.82, 2.24) is 0 Å². The van der Waals surface area contributed by atoms with Crippen LogP contribution in [0.3, 0.4) is 0 Å². The minimum Gasteiger partial charge on any atom is -0.743 e. The topological polar surface area (TPSA) is 80.7 Å². The highest BCUT2D eigenvalue weighted by molar-refractivity contribution is 7.87. The molecule has 0 aromatic heterocycles. The van der Waals surface area contributed by atoms with Gasteiger partial charge in [0.15, 0.2) is 0 Å². The molecule has 1 N–H and O–H groups in total. The Morgan fingerprint density at radius 3 is 2.17 bits per heavy atom. The fraction of sp³-hybridized carbons (Fsp3) is 0. The molecule has 1 aromatic rings. The van der Waals surface area contributed by atoms with Crippen molar-refractivity contribution in [3.05, 3.63) is 35.5 Å². The summed E-state index contributed by atoms with van der Waals surface area (Å²) in [6.07, 6.45) is 0. The van der Waals surface area contributed by atoms with E-state index in [-0.39, 0.29) is 5.69 Å². The Hall–Kier alpha value is -1.11. The molecule has 0 saturated carbocycles. The van der Waals surface area contributed by atoms with E-state index < -0.39 is 14.8 Å². The first kappa shape index (κ1) is 8.98. The van der Waals surface area contributed by atoms with Crippen molar-refractivity contribution >= 4 is 16.0 Å². The Morgan fingerprint density at radius 2 is 1.75 bits per heavy atom. The van der Waals surface area contributed by atoms with Crippen molar-refractivity contribution in [2.24, 2.45) is 0 Å². The van der Waals surface area contributed by atoms with Crippen LogP contribution in [0.5, 0.6) is 0 Å². The SMILES string of the molecule is O=S(=O)(O)N([O-])c1ccccc1. The molecule has 0 bridgehead atoms. The molecule has 0 fully saturated rings. The van der Waals surface area contributed by atoms with E-state index in [0.717, 1.165) is 0 Å². The molecule has 0 aliphatic rings. The predicted octanol–water partition coefficient (Wildman–Crippen LogP) is 0.794. The van der Waals surface area contributed by atoms with E-state index in [2.05, 4.69) is 0 Å². The van der Waals surface area contributed by atoms with Gasteiger partial charge >= 0.3 is 10.3 Å². The maximum atomic E-state index is 10.7. The van der Waals surface area contributed by atoms with Crippen LogP contribution >= 0.6 is 0 Å². The lowest BCUT2D eigenvalue weighted by atomic mass is 10.3. The van der Waals surface area contributed by atoms with Gasteiger partial charge in [-0.05, 0) is 12.1 Å². The second-order valence-electron chi connectivity index (χ2n) is 2.04. The van der Waals surface area contributed by atoms with Crippen molar-refractivity contribution in [2.75, 3.05) is 4.47 Å². The largest absolute Gasteiger partial charge is 0.743 e. The summed E-state index contributed by atoms with van der Waals surface area (Å²) in [6, 6.07) is 7.17. The van der Waals surface area contributed by atoms with Gasteiger partial charge in [-0.1, -0.05) is 18.2 Å². The van der Waals surface area contributed by atoms with Gasteiger partial charge in [-0.15, -0.1) is 0 Å². The predicted molar refractivity (Wildman–Crippen MR) is 43.8 cm³/mol. The lowest BCUT2D eigenvalue weighted by Gasteiger charge is -2.25. The normalized spacial score (nSPS) is 11.2. The summed E-state index contributed by atoms with van der Waals surface area (Å²) in [5.41, 5.74) is -0.125. The number of hydrogen-bond acceptors (Lipinski definition) is 3. The third-order valence-electron chi connectivity index (χ3n) is 1.18. The van der Waals surface area contributed by atoms with E-state index in [4.69, 9.17) is 4.55 Å². The minimum absolute atomic E-state index is 0.125. The highest BCUT2D eigenvalue weighted by Gasteiger charge is 2.07. The lowest BCUT2D eigenvalue weighted by Crippen LogP contribution is -2.23. The van der Waals surface area contributed by atoms with Crippen LogP contribution in [0.25, 0.3) is 0 Å². The molecule has 66 valence electrons. The molecule has 0 saturated heterocycles. The van der Waals surface area contributed by atoms with Crippen LogP contribution in [0.4, 0.5) is 5.69 Å². The third kappa shape index (κ3) is 1.94. The summed E-state index contributed by atoms with van der Waals surface area (Å²) >= 11 is 0. The van der Waals surface area contributed by atoms with E-state index in [1.54, 1.807) is 6.07 Å². The first-order chi connectivity index (χ1) is 5.52. The molecule has 5 nitrogen and oxygen atoms in total. The zero-order chi connectivity index (χ0) is 9.19. The molecule has 1 aromatic carbocycles. The van der Waals surface area contributed by atoms with Gasteiger partial charge < -0.3 is 9.68 Å². The van der Waals surface area contributed by atoms with E-state index >= 15 is 0 Å². The van der Waals surface area contributed by atoms with E-state index in [1.807, 2.05) is 0 Å². The maximum absolute atomic E-state index is 10.7. The second-order valence-corrected chi connectivity index (χ2v) is 3.27. The average Bonchev–Trinajstić information content (AvgIpc) is 2.03. The van der Waals surface area contributed by atoms with Crippen molar-refractivity contribution in [3.63, 3.8) is 0 Å². The van der Waals surface area contributed by atoms with E-state index in [0.29, 0.717) is 0 Å². The number of benzene rings is 1. The number of rotatable bonds is 2. The molecule has 1 rings (SSSR count).